The number of ether oxygens (including phenoxy) is 2. The van der Waals surface area contributed by atoms with Crippen LogP contribution in [0.25, 0.3) is 50.0 Å². The average Bonchev–Trinajstić information content (AvgIpc) is 3.33. The molecule has 0 amide bonds. The molecule has 182 valence electrons. The number of halogens is 2. The summed E-state index contributed by atoms with van der Waals surface area (Å²) in [5.74, 6) is 1.18. The van der Waals surface area contributed by atoms with Crippen molar-refractivity contribution >= 4 is 45.0 Å². The molecule has 0 aliphatic rings. The molecule has 0 aliphatic heterocycles. The Morgan fingerprint density at radius 3 is 1.89 bits per heavy atom. The van der Waals surface area contributed by atoms with Gasteiger partial charge in [-0.15, -0.1) is 0 Å². The number of aromatic nitrogens is 3. The minimum absolute atomic E-state index is 0.504. The first kappa shape index (κ1) is 23.3. The van der Waals surface area contributed by atoms with Gasteiger partial charge < -0.3 is 9.47 Å². The lowest BCUT2D eigenvalue weighted by molar-refractivity contribution is 0.356. The van der Waals surface area contributed by atoms with Gasteiger partial charge >= 0.3 is 0 Å². The molecule has 0 fully saturated rings. The number of benzene rings is 4. The quantitative estimate of drug-likeness (QED) is 0.227. The first-order valence-corrected chi connectivity index (χ1v) is 12.4. The molecule has 0 N–H and O–H groups in total. The van der Waals surface area contributed by atoms with Gasteiger partial charge in [0.05, 0.1) is 41.0 Å². The highest BCUT2D eigenvalue weighted by Gasteiger charge is 2.24. The fourth-order valence-electron chi connectivity index (χ4n) is 4.67. The molecule has 2 aromatic heterocycles. The molecular weight excluding hydrogens is 505 g/mol. The average molecular weight is 526 g/mol. The molecule has 7 heteroatoms. The highest BCUT2D eigenvalue weighted by Crippen LogP contribution is 2.45. The van der Waals surface area contributed by atoms with E-state index in [-0.39, 0.29) is 0 Å². The monoisotopic (exact) mass is 525 g/mol. The SMILES string of the molecule is COc1cc2c(-c3c(Cl)cccc3Cl)nc3c(c(-c4ccccc4)nn3-c3ccccc3)c2cc1OC. The Morgan fingerprint density at radius 1 is 0.676 bits per heavy atom. The molecule has 0 aliphatic carbocycles. The molecule has 0 saturated carbocycles. The second-order valence-electron chi connectivity index (χ2n) is 8.47. The van der Waals surface area contributed by atoms with Gasteiger partial charge in [-0.05, 0) is 36.4 Å². The third kappa shape index (κ3) is 3.88. The Bertz CT molecular complexity index is 1750. The zero-order valence-corrected chi connectivity index (χ0v) is 21.6. The van der Waals surface area contributed by atoms with Crippen LogP contribution in [0.15, 0.2) is 91.0 Å². The van der Waals surface area contributed by atoms with Crippen molar-refractivity contribution in [2.75, 3.05) is 14.2 Å². The van der Waals surface area contributed by atoms with Crippen LogP contribution in [0.1, 0.15) is 0 Å². The highest BCUT2D eigenvalue weighted by atomic mass is 35.5. The summed E-state index contributed by atoms with van der Waals surface area (Å²) in [6, 6.07) is 29.3. The minimum Gasteiger partial charge on any atom is -0.493 e. The lowest BCUT2D eigenvalue weighted by Crippen LogP contribution is -1.99. The topological polar surface area (TPSA) is 49.2 Å². The van der Waals surface area contributed by atoms with Crippen molar-refractivity contribution < 1.29 is 9.47 Å². The second kappa shape index (κ2) is 9.43. The van der Waals surface area contributed by atoms with E-state index in [2.05, 4.69) is 0 Å². The first-order valence-electron chi connectivity index (χ1n) is 11.6. The van der Waals surface area contributed by atoms with Crippen LogP contribution in [0.5, 0.6) is 11.5 Å². The molecular formula is C30H21Cl2N3O2. The van der Waals surface area contributed by atoms with Crippen molar-refractivity contribution in [2.24, 2.45) is 0 Å². The van der Waals surface area contributed by atoms with Gasteiger partial charge in [-0.1, -0.05) is 77.8 Å². The maximum absolute atomic E-state index is 6.70. The fraction of sp³-hybridized carbons (Fsp3) is 0.0667. The summed E-state index contributed by atoms with van der Waals surface area (Å²) in [5, 5.41) is 8.69. The van der Waals surface area contributed by atoms with Crippen LogP contribution in [0, 0.1) is 0 Å². The van der Waals surface area contributed by atoms with Crippen LogP contribution in [-0.4, -0.2) is 29.0 Å². The van der Waals surface area contributed by atoms with Crippen molar-refractivity contribution in [1.82, 2.24) is 14.8 Å². The third-order valence-electron chi connectivity index (χ3n) is 6.37. The van der Waals surface area contributed by atoms with Gasteiger partial charge in [0.1, 0.15) is 5.69 Å². The number of hydrogen-bond donors (Lipinski definition) is 0. The van der Waals surface area contributed by atoms with E-state index in [1.165, 1.54) is 0 Å². The normalized spacial score (nSPS) is 11.2. The van der Waals surface area contributed by atoms with Gasteiger partial charge in [-0.3, -0.25) is 0 Å². The van der Waals surface area contributed by atoms with E-state index in [1.807, 2.05) is 95.7 Å². The van der Waals surface area contributed by atoms with Crippen molar-refractivity contribution in [3.05, 3.63) is 101 Å². The molecule has 4 aromatic carbocycles. The van der Waals surface area contributed by atoms with Crippen molar-refractivity contribution in [3.8, 4) is 39.7 Å². The van der Waals surface area contributed by atoms with Gasteiger partial charge in [0.25, 0.3) is 0 Å². The smallest absolute Gasteiger partial charge is 0.164 e. The number of hydrogen-bond acceptors (Lipinski definition) is 4. The molecule has 0 unspecified atom stereocenters. The largest absolute Gasteiger partial charge is 0.493 e. The number of pyridine rings is 1. The van der Waals surface area contributed by atoms with Gasteiger partial charge in [0, 0.05) is 21.9 Å². The Morgan fingerprint density at radius 2 is 1.27 bits per heavy atom. The summed E-state index contributed by atoms with van der Waals surface area (Å²) in [6.45, 7) is 0. The number of rotatable bonds is 5. The van der Waals surface area contributed by atoms with E-state index in [0.29, 0.717) is 38.4 Å². The third-order valence-corrected chi connectivity index (χ3v) is 7.00. The number of nitrogens with zero attached hydrogens (tertiary/aromatic N) is 3. The zero-order valence-electron chi connectivity index (χ0n) is 20.1. The van der Waals surface area contributed by atoms with Crippen LogP contribution < -0.4 is 9.47 Å². The van der Waals surface area contributed by atoms with Crippen LogP contribution in [0.3, 0.4) is 0 Å². The summed E-state index contributed by atoms with van der Waals surface area (Å²) >= 11 is 13.4. The Hall–Kier alpha value is -4.06. The van der Waals surface area contributed by atoms with Crippen LogP contribution >= 0.6 is 23.2 Å². The summed E-state index contributed by atoms with van der Waals surface area (Å²) in [6.07, 6.45) is 0. The predicted octanol–water partition coefficient (Wildman–Crippen LogP) is 8.23. The minimum atomic E-state index is 0.504. The lowest BCUT2D eigenvalue weighted by Gasteiger charge is -2.15. The predicted molar refractivity (Wildman–Crippen MR) is 150 cm³/mol. The summed E-state index contributed by atoms with van der Waals surface area (Å²) in [7, 11) is 3.24. The molecule has 0 atom stereocenters. The molecule has 5 nitrogen and oxygen atoms in total. The summed E-state index contributed by atoms with van der Waals surface area (Å²) in [5.41, 5.74) is 4.63. The first-order chi connectivity index (χ1) is 18.1. The standard InChI is InChI=1S/C30H21Cl2N3O2/c1-36-24-16-20-21(17-25(24)37-2)29(27-22(31)14-9-15-23(27)32)33-30-26(20)28(18-10-5-3-6-11-18)34-35(30)19-12-7-4-8-13-19/h3-17H,1-2H3. The highest BCUT2D eigenvalue weighted by molar-refractivity contribution is 6.39. The van der Waals surface area contributed by atoms with Crippen LogP contribution in [0.2, 0.25) is 10.0 Å². The fourth-order valence-corrected chi connectivity index (χ4v) is 5.25. The van der Waals surface area contributed by atoms with E-state index in [0.717, 1.165) is 33.1 Å². The Balaban J connectivity index is 1.85. The molecule has 0 saturated heterocycles. The molecule has 0 radical (unpaired) electrons. The van der Waals surface area contributed by atoms with Crippen LogP contribution in [0.4, 0.5) is 0 Å². The maximum atomic E-state index is 6.70. The Kier molecular flexibility index (Phi) is 5.95. The van der Waals surface area contributed by atoms with Crippen molar-refractivity contribution in [2.45, 2.75) is 0 Å². The molecule has 2 heterocycles. The van der Waals surface area contributed by atoms with E-state index in [9.17, 15) is 0 Å². The van der Waals surface area contributed by atoms with E-state index >= 15 is 0 Å². The molecule has 0 bridgehead atoms. The molecule has 6 rings (SSSR count). The van der Waals surface area contributed by atoms with Gasteiger partial charge in [0.15, 0.2) is 17.1 Å². The summed E-state index contributed by atoms with van der Waals surface area (Å²) in [4.78, 5) is 5.18. The zero-order chi connectivity index (χ0) is 25.5. The van der Waals surface area contributed by atoms with Crippen LogP contribution in [-0.2, 0) is 0 Å². The van der Waals surface area contributed by atoms with Gasteiger partial charge in [-0.2, -0.15) is 5.10 Å². The lowest BCUT2D eigenvalue weighted by atomic mass is 9.98. The molecule has 6 aromatic rings. The number of para-hydroxylation sites is 1. The number of fused-ring (bicyclic) bond motifs is 3. The van der Waals surface area contributed by atoms with E-state index in [4.69, 9.17) is 42.8 Å². The van der Waals surface area contributed by atoms with E-state index in [1.54, 1.807) is 14.2 Å². The Labute approximate surface area is 223 Å². The van der Waals surface area contributed by atoms with Gasteiger partial charge in [0.2, 0.25) is 0 Å². The number of methoxy groups -OCH3 is 2. The van der Waals surface area contributed by atoms with Crippen molar-refractivity contribution in [3.63, 3.8) is 0 Å². The van der Waals surface area contributed by atoms with Gasteiger partial charge in [-0.25, -0.2) is 9.67 Å². The summed E-state index contributed by atoms with van der Waals surface area (Å²) < 4.78 is 13.2. The molecule has 0 spiro atoms. The second-order valence-corrected chi connectivity index (χ2v) is 9.28. The van der Waals surface area contributed by atoms with Crippen molar-refractivity contribution in [1.29, 1.82) is 0 Å². The molecule has 37 heavy (non-hydrogen) atoms. The van der Waals surface area contributed by atoms with E-state index < -0.39 is 0 Å². The maximum Gasteiger partial charge on any atom is 0.164 e.